The number of anilines is 1. The number of carbonyl (C=O) groups excluding carboxylic acids is 2. The van der Waals surface area contributed by atoms with Crippen LogP contribution in [0.15, 0.2) is 30.9 Å². The topological polar surface area (TPSA) is 144 Å². The van der Waals surface area contributed by atoms with Gasteiger partial charge in [0, 0.05) is 23.0 Å². The summed E-state index contributed by atoms with van der Waals surface area (Å²) in [6, 6.07) is 1.89. The van der Waals surface area contributed by atoms with Crippen molar-refractivity contribution in [2.75, 3.05) is 31.6 Å². The molecule has 4 aromatic heterocycles. The second kappa shape index (κ2) is 9.61. The lowest BCUT2D eigenvalue weighted by Gasteiger charge is -2.31. The van der Waals surface area contributed by atoms with Gasteiger partial charge in [-0.1, -0.05) is 0 Å². The van der Waals surface area contributed by atoms with Crippen LogP contribution in [0, 0.1) is 12.3 Å². The van der Waals surface area contributed by atoms with Crippen LogP contribution in [0.3, 0.4) is 0 Å². The van der Waals surface area contributed by atoms with Crippen molar-refractivity contribution in [2.45, 2.75) is 39.2 Å². The lowest BCUT2D eigenvalue weighted by molar-refractivity contribution is -0.117. The molecule has 0 radical (unpaired) electrons. The van der Waals surface area contributed by atoms with Gasteiger partial charge in [0.1, 0.15) is 4.83 Å². The lowest BCUT2D eigenvalue weighted by Crippen LogP contribution is -2.39. The van der Waals surface area contributed by atoms with Gasteiger partial charge in [0.2, 0.25) is 5.91 Å². The molecule has 1 spiro atoms. The number of aliphatic hydroxyl groups excluding tert-OH is 1. The number of thiazole rings is 1. The van der Waals surface area contributed by atoms with Gasteiger partial charge in [-0.05, 0) is 57.2 Å². The van der Waals surface area contributed by atoms with Crippen molar-refractivity contribution in [3.63, 3.8) is 0 Å². The summed E-state index contributed by atoms with van der Waals surface area (Å²) in [4.78, 5) is 33.2. The highest BCUT2D eigenvalue weighted by Crippen LogP contribution is 2.53. The van der Waals surface area contributed by atoms with E-state index >= 15 is 0 Å². The third-order valence-electron chi connectivity index (χ3n) is 7.71. The number of hydrogen-bond donors (Lipinski definition) is 3. The van der Waals surface area contributed by atoms with E-state index in [2.05, 4.69) is 25.4 Å². The minimum Gasteiger partial charge on any atom is -0.394 e. The number of fused-ring (bicyclic) bond motifs is 1. The summed E-state index contributed by atoms with van der Waals surface area (Å²) >= 11 is 1.38. The van der Waals surface area contributed by atoms with Crippen LogP contribution in [-0.2, 0) is 11.3 Å². The number of nitrogens with two attached hydrogens (primary N) is 1. The van der Waals surface area contributed by atoms with Gasteiger partial charge < -0.3 is 16.2 Å². The Morgan fingerprint density at radius 3 is 2.66 bits per heavy atom. The third kappa shape index (κ3) is 4.59. The van der Waals surface area contributed by atoms with E-state index < -0.39 is 5.91 Å². The van der Waals surface area contributed by atoms with E-state index in [1.165, 1.54) is 43.2 Å². The van der Waals surface area contributed by atoms with Crippen molar-refractivity contribution in [1.29, 1.82) is 0 Å². The molecule has 0 bridgehead atoms. The first kappa shape index (κ1) is 24.7. The molecule has 2 aliphatic rings. The highest BCUT2D eigenvalue weighted by Gasteiger charge is 2.44. The normalized spacial score (nSPS) is 16.8. The summed E-state index contributed by atoms with van der Waals surface area (Å²) in [5.41, 5.74) is 10.2. The van der Waals surface area contributed by atoms with Gasteiger partial charge in [-0.2, -0.15) is 10.2 Å². The summed E-state index contributed by atoms with van der Waals surface area (Å²) in [6.45, 7) is 4.52. The smallest absolute Gasteiger partial charge is 0.253 e. The number of nitrogens with zero attached hydrogens (tertiary/aromatic N) is 6. The van der Waals surface area contributed by atoms with Crippen molar-refractivity contribution >= 4 is 33.7 Å². The average Bonchev–Trinajstić information content (AvgIpc) is 3.21. The first-order valence-electron chi connectivity index (χ1n) is 12.8. The Bertz CT molecular complexity index is 1520. The number of aliphatic hydroxyl groups is 1. The number of hydrogen-bond acceptors (Lipinski definition) is 8. The largest absolute Gasteiger partial charge is 0.394 e. The fourth-order valence-corrected chi connectivity index (χ4v) is 6.45. The molecule has 198 valence electrons. The number of piperidine rings is 1. The van der Waals surface area contributed by atoms with Gasteiger partial charge in [-0.3, -0.25) is 24.2 Å². The fraction of sp³-hybridized carbons (Fsp3) is 0.423. The van der Waals surface area contributed by atoms with Crippen molar-refractivity contribution in [2.24, 2.45) is 11.1 Å². The van der Waals surface area contributed by atoms with Crippen LogP contribution < -0.4 is 11.1 Å². The minimum absolute atomic E-state index is 0.0311. The molecule has 0 unspecified atom stereocenters. The SMILES string of the molecule is Cc1ncc(NC(=O)CN2CCC3(CC2)CC3)cc1-c1c(-c2cnn(CCO)c2)sc2c(C(N)=O)cnn12. The quantitative estimate of drug-likeness (QED) is 0.315. The molecule has 4 N–H and O–H groups in total. The monoisotopic (exact) mass is 534 g/mol. The molecule has 11 nitrogen and oxygen atoms in total. The lowest BCUT2D eigenvalue weighted by atomic mass is 9.94. The number of amides is 2. The van der Waals surface area contributed by atoms with Crippen molar-refractivity contribution in [1.82, 2.24) is 29.3 Å². The van der Waals surface area contributed by atoms with E-state index in [0.717, 1.165) is 40.5 Å². The van der Waals surface area contributed by atoms with E-state index in [4.69, 9.17) is 5.73 Å². The summed E-state index contributed by atoms with van der Waals surface area (Å²) in [5.74, 6) is -0.624. The Balaban J connectivity index is 1.32. The van der Waals surface area contributed by atoms with E-state index in [1.54, 1.807) is 21.6 Å². The molecule has 2 fully saturated rings. The number of aromatic nitrogens is 5. The molecule has 0 atom stereocenters. The van der Waals surface area contributed by atoms with Crippen LogP contribution in [0.2, 0.25) is 0 Å². The molecule has 1 saturated heterocycles. The van der Waals surface area contributed by atoms with Crippen LogP contribution >= 0.6 is 11.3 Å². The number of rotatable bonds is 8. The molecular formula is C26H30N8O3S. The Morgan fingerprint density at radius 1 is 1.16 bits per heavy atom. The zero-order chi connectivity index (χ0) is 26.4. The number of carbonyl (C=O) groups is 2. The number of aryl methyl sites for hydroxylation is 1. The first-order chi connectivity index (χ1) is 18.4. The second-order valence-electron chi connectivity index (χ2n) is 10.3. The summed E-state index contributed by atoms with van der Waals surface area (Å²) in [5, 5.41) is 21.1. The van der Waals surface area contributed by atoms with Crippen LogP contribution in [0.25, 0.3) is 26.5 Å². The summed E-state index contributed by atoms with van der Waals surface area (Å²) in [7, 11) is 0. The standard InChI is InChI=1S/C26H30N8O3S/c1-16-19(10-18(12-28-16)31-21(36)15-32-6-4-26(2-3-26)5-7-32)22-23(17-11-29-33(14-17)8-9-35)38-25-20(24(27)37)13-30-34(22)25/h10-14,35H,2-9,15H2,1H3,(H2,27,37)(H,31,36). The minimum atomic E-state index is -0.559. The predicted octanol–water partition coefficient (Wildman–Crippen LogP) is 2.54. The highest BCUT2D eigenvalue weighted by atomic mass is 32.1. The van der Waals surface area contributed by atoms with Gasteiger partial charge >= 0.3 is 0 Å². The van der Waals surface area contributed by atoms with Gasteiger partial charge in [-0.15, -0.1) is 11.3 Å². The predicted molar refractivity (Wildman–Crippen MR) is 144 cm³/mol. The van der Waals surface area contributed by atoms with Crippen molar-refractivity contribution < 1.29 is 14.7 Å². The van der Waals surface area contributed by atoms with E-state index in [9.17, 15) is 14.7 Å². The van der Waals surface area contributed by atoms with E-state index in [1.807, 2.05) is 19.2 Å². The maximum absolute atomic E-state index is 12.9. The van der Waals surface area contributed by atoms with Gasteiger partial charge in [0.05, 0.1) is 60.1 Å². The van der Waals surface area contributed by atoms with Gasteiger partial charge in [-0.25, -0.2) is 4.52 Å². The number of nitrogens with one attached hydrogen (secondary N) is 1. The van der Waals surface area contributed by atoms with Crippen LogP contribution in [0.4, 0.5) is 5.69 Å². The summed E-state index contributed by atoms with van der Waals surface area (Å²) < 4.78 is 3.35. The maximum atomic E-state index is 12.9. The Labute approximate surface area is 223 Å². The number of likely N-dealkylation sites (tertiary alicyclic amines) is 1. The number of primary amides is 1. The molecule has 0 aromatic carbocycles. The molecule has 1 aliphatic carbocycles. The second-order valence-corrected chi connectivity index (χ2v) is 11.3. The van der Waals surface area contributed by atoms with Crippen molar-refractivity contribution in [3.05, 3.63) is 42.1 Å². The van der Waals surface area contributed by atoms with Gasteiger partial charge in [0.25, 0.3) is 5.91 Å². The van der Waals surface area contributed by atoms with E-state index in [-0.39, 0.29) is 12.5 Å². The van der Waals surface area contributed by atoms with Gasteiger partial charge in [0.15, 0.2) is 0 Å². The van der Waals surface area contributed by atoms with Crippen LogP contribution in [0.5, 0.6) is 0 Å². The molecule has 5 heterocycles. The zero-order valence-electron chi connectivity index (χ0n) is 21.2. The Morgan fingerprint density at radius 2 is 1.95 bits per heavy atom. The molecule has 1 aliphatic heterocycles. The van der Waals surface area contributed by atoms with Crippen LogP contribution in [-0.4, -0.2) is 72.4 Å². The molecular weight excluding hydrogens is 504 g/mol. The molecule has 12 heteroatoms. The zero-order valence-corrected chi connectivity index (χ0v) is 22.0. The molecule has 4 aromatic rings. The molecule has 2 amide bonds. The maximum Gasteiger partial charge on any atom is 0.253 e. The van der Waals surface area contributed by atoms with E-state index in [0.29, 0.717) is 34.6 Å². The Kier molecular flexibility index (Phi) is 6.25. The third-order valence-corrected chi connectivity index (χ3v) is 8.93. The summed E-state index contributed by atoms with van der Waals surface area (Å²) in [6.07, 6.45) is 11.7. The fourth-order valence-electron chi connectivity index (χ4n) is 5.25. The molecule has 6 rings (SSSR count). The van der Waals surface area contributed by atoms with Crippen molar-refractivity contribution in [3.8, 4) is 21.7 Å². The molecule has 38 heavy (non-hydrogen) atoms. The highest BCUT2D eigenvalue weighted by molar-refractivity contribution is 7.21. The average molecular weight is 535 g/mol. The Hall–Kier alpha value is -3.61. The molecule has 1 saturated carbocycles. The first-order valence-corrected chi connectivity index (χ1v) is 13.6. The number of pyridine rings is 1. The van der Waals surface area contributed by atoms with Crippen LogP contribution in [0.1, 0.15) is 41.7 Å².